The third-order valence-electron chi connectivity index (χ3n) is 3.31. The van der Waals surface area contributed by atoms with Gasteiger partial charge in [-0.1, -0.05) is 43.7 Å². The van der Waals surface area contributed by atoms with E-state index in [2.05, 4.69) is 50.4 Å². The van der Waals surface area contributed by atoms with Gasteiger partial charge in [-0.15, -0.1) is 11.8 Å². The molecule has 2 nitrogen and oxygen atoms in total. The molecule has 0 aliphatic carbocycles. The van der Waals surface area contributed by atoms with Crippen molar-refractivity contribution in [1.29, 1.82) is 0 Å². The monoisotopic (exact) mass is 313 g/mol. The number of hydrogen-bond donors (Lipinski definition) is 1. The summed E-state index contributed by atoms with van der Waals surface area (Å²) in [5, 5.41) is 2.94. The number of hydrogen-bond acceptors (Lipinski definition) is 2. The molecule has 0 saturated heterocycles. The maximum Gasteiger partial charge on any atom is 0.251 e. The minimum atomic E-state index is 0.00596. The second kappa shape index (κ2) is 8.04. The number of thioether (sulfide) groups is 1. The summed E-state index contributed by atoms with van der Waals surface area (Å²) in [5.41, 5.74) is 3.23. The molecular formula is C19H23NOS. The molecule has 2 aromatic carbocycles. The molecule has 0 aromatic heterocycles. The molecule has 0 unspecified atom stereocenters. The Balaban J connectivity index is 1.88. The van der Waals surface area contributed by atoms with Crippen LogP contribution in [-0.4, -0.2) is 12.5 Å². The van der Waals surface area contributed by atoms with E-state index in [9.17, 15) is 4.79 Å². The predicted octanol–water partition coefficient (Wildman–Crippen LogP) is 4.67. The first-order chi connectivity index (χ1) is 10.5. The second-order valence-corrected chi connectivity index (χ2v) is 6.95. The van der Waals surface area contributed by atoms with Crippen LogP contribution in [0.25, 0.3) is 0 Å². The SMILES string of the molecule is Cc1ccc(SCc2ccc(C(=O)NCC(C)C)cc2)cc1. The van der Waals surface area contributed by atoms with Crippen LogP contribution in [0.5, 0.6) is 0 Å². The molecule has 0 bridgehead atoms. The zero-order valence-electron chi connectivity index (χ0n) is 13.4. The van der Waals surface area contributed by atoms with E-state index in [0.29, 0.717) is 12.5 Å². The first-order valence-corrected chi connectivity index (χ1v) is 8.60. The zero-order chi connectivity index (χ0) is 15.9. The van der Waals surface area contributed by atoms with Gasteiger partial charge in [0.05, 0.1) is 0 Å². The van der Waals surface area contributed by atoms with Gasteiger partial charge >= 0.3 is 0 Å². The minimum absolute atomic E-state index is 0.00596. The van der Waals surface area contributed by atoms with E-state index >= 15 is 0 Å². The van der Waals surface area contributed by atoms with Crippen molar-refractivity contribution >= 4 is 17.7 Å². The van der Waals surface area contributed by atoms with Crippen molar-refractivity contribution < 1.29 is 4.79 Å². The van der Waals surface area contributed by atoms with Crippen LogP contribution in [0.4, 0.5) is 0 Å². The summed E-state index contributed by atoms with van der Waals surface area (Å²) in [6.45, 7) is 6.98. The minimum Gasteiger partial charge on any atom is -0.352 e. The highest BCUT2D eigenvalue weighted by Crippen LogP contribution is 2.23. The van der Waals surface area contributed by atoms with Gasteiger partial charge in [0.2, 0.25) is 0 Å². The molecule has 0 atom stereocenters. The molecule has 0 aliphatic heterocycles. The van der Waals surface area contributed by atoms with Crippen LogP contribution < -0.4 is 5.32 Å². The second-order valence-electron chi connectivity index (χ2n) is 5.90. The highest BCUT2D eigenvalue weighted by atomic mass is 32.2. The standard InChI is InChI=1S/C19H23NOS/c1-14(2)12-20-19(21)17-8-6-16(7-9-17)13-22-18-10-4-15(3)5-11-18/h4-11,14H,12-13H2,1-3H3,(H,20,21). The first kappa shape index (κ1) is 16.6. The van der Waals surface area contributed by atoms with Gasteiger partial charge in [-0.2, -0.15) is 0 Å². The Labute approximate surface area is 137 Å². The van der Waals surface area contributed by atoms with Crippen LogP contribution in [0.2, 0.25) is 0 Å². The summed E-state index contributed by atoms with van der Waals surface area (Å²) in [6.07, 6.45) is 0. The lowest BCUT2D eigenvalue weighted by Gasteiger charge is -2.08. The number of benzene rings is 2. The molecule has 0 aliphatic rings. The number of carbonyl (C=O) groups excluding carboxylic acids is 1. The molecule has 116 valence electrons. The summed E-state index contributed by atoms with van der Waals surface area (Å²) in [6, 6.07) is 16.4. The van der Waals surface area contributed by atoms with Crippen molar-refractivity contribution in [1.82, 2.24) is 5.32 Å². The lowest BCUT2D eigenvalue weighted by atomic mass is 10.1. The third-order valence-corrected chi connectivity index (χ3v) is 4.40. The normalized spacial score (nSPS) is 10.7. The van der Waals surface area contributed by atoms with Gasteiger partial charge in [0.25, 0.3) is 5.91 Å². The van der Waals surface area contributed by atoms with E-state index in [-0.39, 0.29) is 5.91 Å². The van der Waals surface area contributed by atoms with Crippen molar-refractivity contribution in [2.45, 2.75) is 31.4 Å². The van der Waals surface area contributed by atoms with Crippen molar-refractivity contribution in [2.24, 2.45) is 5.92 Å². The fourth-order valence-corrected chi connectivity index (χ4v) is 2.81. The lowest BCUT2D eigenvalue weighted by Crippen LogP contribution is -2.27. The number of aryl methyl sites for hydroxylation is 1. The predicted molar refractivity (Wildman–Crippen MR) is 94.4 cm³/mol. The van der Waals surface area contributed by atoms with Crippen LogP contribution in [-0.2, 0) is 5.75 Å². The number of carbonyl (C=O) groups is 1. The molecule has 3 heteroatoms. The van der Waals surface area contributed by atoms with Gasteiger partial charge in [0.1, 0.15) is 0 Å². The van der Waals surface area contributed by atoms with E-state index in [1.54, 1.807) is 0 Å². The van der Waals surface area contributed by atoms with E-state index in [1.807, 2.05) is 36.0 Å². The van der Waals surface area contributed by atoms with Gasteiger partial charge < -0.3 is 5.32 Å². The third kappa shape index (κ3) is 5.23. The van der Waals surface area contributed by atoms with Crippen LogP contribution in [0.3, 0.4) is 0 Å². The van der Waals surface area contributed by atoms with Crippen molar-refractivity contribution in [3.05, 3.63) is 65.2 Å². The Kier molecular flexibility index (Phi) is 6.08. The highest BCUT2D eigenvalue weighted by Gasteiger charge is 2.06. The van der Waals surface area contributed by atoms with Crippen LogP contribution in [0.1, 0.15) is 35.3 Å². The summed E-state index contributed by atoms with van der Waals surface area (Å²) in [4.78, 5) is 13.2. The first-order valence-electron chi connectivity index (χ1n) is 7.61. The lowest BCUT2D eigenvalue weighted by molar-refractivity contribution is 0.0949. The Morgan fingerprint density at radius 1 is 1.05 bits per heavy atom. The van der Waals surface area contributed by atoms with Gasteiger partial charge in [-0.05, 0) is 42.7 Å². The fraction of sp³-hybridized carbons (Fsp3) is 0.316. The van der Waals surface area contributed by atoms with E-state index in [4.69, 9.17) is 0 Å². The summed E-state index contributed by atoms with van der Waals surface area (Å²) >= 11 is 1.81. The smallest absolute Gasteiger partial charge is 0.251 e. The Hall–Kier alpha value is -1.74. The van der Waals surface area contributed by atoms with Gasteiger partial charge in [-0.3, -0.25) is 4.79 Å². The van der Waals surface area contributed by atoms with E-state index in [1.165, 1.54) is 16.0 Å². The summed E-state index contributed by atoms with van der Waals surface area (Å²) in [7, 11) is 0. The van der Waals surface area contributed by atoms with E-state index < -0.39 is 0 Å². The molecule has 22 heavy (non-hydrogen) atoms. The van der Waals surface area contributed by atoms with Crippen molar-refractivity contribution in [3.8, 4) is 0 Å². The largest absolute Gasteiger partial charge is 0.352 e. The maximum atomic E-state index is 12.0. The van der Waals surface area contributed by atoms with Crippen LogP contribution in [0.15, 0.2) is 53.4 Å². The number of nitrogens with one attached hydrogen (secondary N) is 1. The van der Waals surface area contributed by atoms with Gasteiger partial charge in [0, 0.05) is 22.8 Å². The molecule has 0 heterocycles. The molecular weight excluding hydrogens is 290 g/mol. The quantitative estimate of drug-likeness (QED) is 0.785. The molecule has 2 rings (SSSR count). The van der Waals surface area contributed by atoms with Crippen molar-refractivity contribution in [3.63, 3.8) is 0 Å². The van der Waals surface area contributed by atoms with Crippen LogP contribution >= 0.6 is 11.8 Å². The Morgan fingerprint density at radius 2 is 1.68 bits per heavy atom. The molecule has 1 N–H and O–H groups in total. The Morgan fingerprint density at radius 3 is 2.27 bits per heavy atom. The molecule has 2 aromatic rings. The molecule has 0 radical (unpaired) electrons. The molecule has 0 spiro atoms. The number of amides is 1. The average Bonchev–Trinajstić information content (AvgIpc) is 2.52. The summed E-state index contributed by atoms with van der Waals surface area (Å²) < 4.78 is 0. The molecule has 0 fully saturated rings. The zero-order valence-corrected chi connectivity index (χ0v) is 14.2. The van der Waals surface area contributed by atoms with Crippen molar-refractivity contribution in [2.75, 3.05) is 6.54 Å². The fourth-order valence-electron chi connectivity index (χ4n) is 1.95. The molecule has 0 saturated carbocycles. The maximum absolute atomic E-state index is 12.0. The van der Waals surface area contributed by atoms with Crippen LogP contribution in [0, 0.1) is 12.8 Å². The topological polar surface area (TPSA) is 29.1 Å². The highest BCUT2D eigenvalue weighted by molar-refractivity contribution is 7.98. The van der Waals surface area contributed by atoms with Gasteiger partial charge in [-0.25, -0.2) is 0 Å². The average molecular weight is 313 g/mol. The molecule has 1 amide bonds. The number of rotatable bonds is 6. The van der Waals surface area contributed by atoms with Gasteiger partial charge in [0.15, 0.2) is 0 Å². The van der Waals surface area contributed by atoms with E-state index in [0.717, 1.165) is 11.3 Å². The summed E-state index contributed by atoms with van der Waals surface area (Å²) in [5.74, 6) is 1.39. The Bertz CT molecular complexity index is 602.